The fourth-order valence-corrected chi connectivity index (χ4v) is 2.46. The van der Waals surface area contributed by atoms with Crippen LogP contribution < -0.4 is 5.73 Å². The molecular weight excluding hydrogens is 214 g/mol. The number of rotatable bonds is 1. The molecule has 3 rings (SSSR count). The highest BCUT2D eigenvalue weighted by Gasteiger charge is 2.22. The zero-order valence-electron chi connectivity index (χ0n) is 9.36. The quantitative estimate of drug-likeness (QED) is 0.777. The summed E-state index contributed by atoms with van der Waals surface area (Å²) >= 11 is 0. The average Bonchev–Trinajstić information content (AvgIpc) is 2.66. The van der Waals surface area contributed by atoms with E-state index in [0.717, 1.165) is 36.1 Å². The van der Waals surface area contributed by atoms with Crippen LogP contribution in [0, 0.1) is 0 Å². The Kier molecular flexibility index (Phi) is 2.21. The second kappa shape index (κ2) is 3.73. The van der Waals surface area contributed by atoms with Crippen LogP contribution in [0.2, 0.25) is 0 Å². The van der Waals surface area contributed by atoms with Crippen molar-refractivity contribution in [1.82, 2.24) is 10.2 Å². The van der Waals surface area contributed by atoms with E-state index in [2.05, 4.69) is 16.3 Å². The van der Waals surface area contributed by atoms with E-state index in [0.29, 0.717) is 5.69 Å². The number of carbonyl (C=O) groups excluding carboxylic acids is 1. The number of carbonyl (C=O) groups is 1. The van der Waals surface area contributed by atoms with E-state index in [9.17, 15) is 4.79 Å². The summed E-state index contributed by atoms with van der Waals surface area (Å²) in [6, 6.07) is 8.19. The number of nitrogens with zero attached hydrogens (tertiary/aromatic N) is 1. The van der Waals surface area contributed by atoms with Gasteiger partial charge in [0.1, 0.15) is 5.69 Å². The van der Waals surface area contributed by atoms with Gasteiger partial charge in [0.2, 0.25) is 0 Å². The molecular formula is C13H13N3O. The normalized spacial score (nSPS) is 13.6. The van der Waals surface area contributed by atoms with E-state index >= 15 is 0 Å². The first kappa shape index (κ1) is 10.1. The molecule has 3 N–H and O–H groups in total. The van der Waals surface area contributed by atoms with Crippen molar-refractivity contribution in [3.63, 3.8) is 0 Å². The van der Waals surface area contributed by atoms with Crippen molar-refractivity contribution in [3.8, 4) is 11.3 Å². The number of aromatic amines is 1. The van der Waals surface area contributed by atoms with Crippen LogP contribution >= 0.6 is 0 Å². The van der Waals surface area contributed by atoms with E-state index in [1.807, 2.05) is 18.2 Å². The number of amides is 1. The van der Waals surface area contributed by atoms with Gasteiger partial charge in [-0.3, -0.25) is 9.89 Å². The fraction of sp³-hybridized carbons (Fsp3) is 0.231. The number of benzene rings is 1. The molecule has 0 saturated heterocycles. The Bertz CT molecular complexity index is 586. The number of nitrogens with one attached hydrogen (secondary N) is 1. The van der Waals surface area contributed by atoms with Gasteiger partial charge in [0.25, 0.3) is 5.91 Å². The molecule has 1 aliphatic rings. The van der Waals surface area contributed by atoms with E-state index in [-0.39, 0.29) is 0 Å². The topological polar surface area (TPSA) is 71.8 Å². The second-order valence-corrected chi connectivity index (χ2v) is 4.30. The van der Waals surface area contributed by atoms with Gasteiger partial charge in [-0.1, -0.05) is 24.3 Å². The van der Waals surface area contributed by atoms with Crippen LogP contribution in [0.4, 0.5) is 0 Å². The Balaban J connectivity index is 2.24. The highest BCUT2D eigenvalue weighted by Crippen LogP contribution is 2.32. The van der Waals surface area contributed by atoms with Gasteiger partial charge in [-0.15, -0.1) is 0 Å². The molecule has 0 spiro atoms. The van der Waals surface area contributed by atoms with Crippen molar-refractivity contribution < 1.29 is 4.79 Å². The minimum Gasteiger partial charge on any atom is -0.364 e. The smallest absolute Gasteiger partial charge is 0.267 e. The van der Waals surface area contributed by atoms with Gasteiger partial charge in [-0.05, 0) is 24.8 Å². The Labute approximate surface area is 98.8 Å². The molecule has 0 aliphatic heterocycles. The summed E-state index contributed by atoms with van der Waals surface area (Å²) in [5.74, 6) is -0.432. The molecule has 1 amide bonds. The summed E-state index contributed by atoms with van der Waals surface area (Å²) in [4.78, 5) is 11.3. The zero-order chi connectivity index (χ0) is 11.8. The van der Waals surface area contributed by atoms with E-state index in [1.165, 1.54) is 5.56 Å². The Morgan fingerprint density at radius 1 is 1.29 bits per heavy atom. The fourth-order valence-electron chi connectivity index (χ4n) is 2.46. The minimum absolute atomic E-state index is 0.432. The van der Waals surface area contributed by atoms with Crippen molar-refractivity contribution in [2.75, 3.05) is 0 Å². The summed E-state index contributed by atoms with van der Waals surface area (Å²) < 4.78 is 0. The third-order valence-corrected chi connectivity index (χ3v) is 3.26. The lowest BCUT2D eigenvalue weighted by atomic mass is 10.0. The molecule has 2 aromatic rings. The van der Waals surface area contributed by atoms with Crippen molar-refractivity contribution in [1.29, 1.82) is 0 Å². The lowest BCUT2D eigenvalue weighted by molar-refractivity contribution is 0.0994. The molecule has 0 radical (unpaired) electrons. The molecule has 86 valence electrons. The van der Waals surface area contributed by atoms with Crippen LogP contribution in [-0.2, 0) is 12.8 Å². The molecule has 17 heavy (non-hydrogen) atoms. The zero-order valence-corrected chi connectivity index (χ0v) is 9.36. The maximum atomic E-state index is 11.3. The maximum Gasteiger partial charge on any atom is 0.267 e. The lowest BCUT2D eigenvalue weighted by Crippen LogP contribution is -2.13. The van der Waals surface area contributed by atoms with Crippen LogP contribution in [-0.4, -0.2) is 16.1 Å². The molecule has 1 aromatic carbocycles. The van der Waals surface area contributed by atoms with Crippen molar-refractivity contribution in [2.24, 2.45) is 5.73 Å². The Morgan fingerprint density at radius 2 is 2.12 bits per heavy atom. The first-order valence-electron chi connectivity index (χ1n) is 5.72. The first-order valence-corrected chi connectivity index (χ1v) is 5.72. The molecule has 4 heteroatoms. The number of aromatic nitrogens is 2. The van der Waals surface area contributed by atoms with Gasteiger partial charge < -0.3 is 5.73 Å². The Morgan fingerprint density at radius 3 is 2.94 bits per heavy atom. The summed E-state index contributed by atoms with van der Waals surface area (Å²) in [5.41, 5.74) is 10.0. The summed E-state index contributed by atoms with van der Waals surface area (Å²) in [6.45, 7) is 0. The number of primary amides is 1. The minimum atomic E-state index is -0.432. The standard InChI is InChI=1S/C13H13N3O/c14-13(17)12-10-7-3-5-8-4-1-2-6-9(8)11(10)15-16-12/h1-2,4,6H,3,5,7H2,(H2,14,17)(H,15,16). The van der Waals surface area contributed by atoms with Gasteiger partial charge in [-0.2, -0.15) is 5.10 Å². The third-order valence-electron chi connectivity index (χ3n) is 3.26. The molecule has 0 unspecified atom stereocenters. The number of hydrogen-bond acceptors (Lipinski definition) is 2. The van der Waals surface area contributed by atoms with E-state index in [1.54, 1.807) is 0 Å². The largest absolute Gasteiger partial charge is 0.364 e. The van der Waals surface area contributed by atoms with Crippen molar-refractivity contribution in [3.05, 3.63) is 41.1 Å². The predicted molar refractivity (Wildman–Crippen MR) is 64.6 cm³/mol. The van der Waals surface area contributed by atoms with Crippen molar-refractivity contribution in [2.45, 2.75) is 19.3 Å². The first-order chi connectivity index (χ1) is 8.27. The SMILES string of the molecule is NC(=O)c1[nH]nc2c1CCCc1ccccc1-2. The molecule has 0 saturated carbocycles. The number of aryl methyl sites for hydroxylation is 1. The second-order valence-electron chi connectivity index (χ2n) is 4.30. The number of H-pyrrole nitrogens is 1. The molecule has 0 bridgehead atoms. The van der Waals surface area contributed by atoms with E-state index < -0.39 is 5.91 Å². The van der Waals surface area contributed by atoms with Gasteiger partial charge in [0, 0.05) is 11.1 Å². The lowest BCUT2D eigenvalue weighted by Gasteiger charge is -2.03. The highest BCUT2D eigenvalue weighted by molar-refractivity contribution is 5.94. The molecule has 1 aromatic heterocycles. The van der Waals surface area contributed by atoms with Crippen molar-refractivity contribution >= 4 is 5.91 Å². The summed E-state index contributed by atoms with van der Waals surface area (Å²) in [7, 11) is 0. The monoisotopic (exact) mass is 227 g/mol. The number of hydrogen-bond donors (Lipinski definition) is 2. The molecule has 1 heterocycles. The van der Waals surface area contributed by atoms with Crippen LogP contribution in [0.3, 0.4) is 0 Å². The van der Waals surface area contributed by atoms with Gasteiger partial charge >= 0.3 is 0 Å². The number of nitrogens with two attached hydrogens (primary N) is 1. The summed E-state index contributed by atoms with van der Waals surface area (Å²) in [5, 5.41) is 7.01. The summed E-state index contributed by atoms with van der Waals surface area (Å²) in [6.07, 6.45) is 2.88. The van der Waals surface area contributed by atoms with Crippen LogP contribution in [0.1, 0.15) is 28.0 Å². The maximum absolute atomic E-state index is 11.3. The molecule has 0 fully saturated rings. The highest BCUT2D eigenvalue weighted by atomic mass is 16.1. The molecule has 1 aliphatic carbocycles. The molecule has 4 nitrogen and oxygen atoms in total. The van der Waals surface area contributed by atoms with Gasteiger partial charge in [0.05, 0.1) is 5.69 Å². The predicted octanol–water partition coefficient (Wildman–Crippen LogP) is 1.66. The van der Waals surface area contributed by atoms with Gasteiger partial charge in [-0.25, -0.2) is 0 Å². The van der Waals surface area contributed by atoms with Gasteiger partial charge in [0.15, 0.2) is 0 Å². The Hall–Kier alpha value is -2.10. The number of fused-ring (bicyclic) bond motifs is 3. The average molecular weight is 227 g/mol. The van der Waals surface area contributed by atoms with E-state index in [4.69, 9.17) is 5.73 Å². The van der Waals surface area contributed by atoms with Crippen LogP contribution in [0.5, 0.6) is 0 Å². The van der Waals surface area contributed by atoms with Crippen LogP contribution in [0.25, 0.3) is 11.3 Å². The van der Waals surface area contributed by atoms with Crippen LogP contribution in [0.15, 0.2) is 24.3 Å². The molecule has 0 atom stereocenters. The third kappa shape index (κ3) is 1.53.